The van der Waals surface area contributed by atoms with Crippen LogP contribution in [0.2, 0.25) is 0 Å². The van der Waals surface area contributed by atoms with E-state index in [0.29, 0.717) is 26.1 Å². The molecule has 0 bridgehead atoms. The van der Waals surface area contributed by atoms with E-state index in [1.807, 2.05) is 24.3 Å². The number of amides is 2. The first-order valence-corrected chi connectivity index (χ1v) is 7.63. The molecule has 2 amide bonds. The molecular formula is C16H20N2O4. The standard InChI is InChI=1S/C16H20N2O4/c19-15(10-14-2-1-8-21-14)17-13-5-3-12(4-6-13)11-18-7-9-22-16(18)20/h3-6,14H,1-2,7-11H2,(H,17,19)/t14-/m1/s1. The Morgan fingerprint density at radius 1 is 1.27 bits per heavy atom. The Morgan fingerprint density at radius 2 is 2.09 bits per heavy atom. The molecule has 0 aromatic heterocycles. The molecule has 22 heavy (non-hydrogen) atoms. The minimum Gasteiger partial charge on any atom is -0.448 e. The molecule has 2 fully saturated rings. The third-order valence-corrected chi connectivity index (χ3v) is 3.89. The SMILES string of the molecule is O=C(C[C@H]1CCCO1)Nc1ccc(CN2CCOC2=O)cc1. The molecule has 0 aliphatic carbocycles. The van der Waals surface area contributed by atoms with Crippen LogP contribution in [-0.2, 0) is 20.8 Å². The number of cyclic esters (lactones) is 1. The fourth-order valence-electron chi connectivity index (χ4n) is 2.71. The summed E-state index contributed by atoms with van der Waals surface area (Å²) in [4.78, 5) is 25.0. The van der Waals surface area contributed by atoms with Crippen molar-refractivity contribution < 1.29 is 19.1 Å². The third kappa shape index (κ3) is 3.76. The number of hydrogen-bond acceptors (Lipinski definition) is 4. The Kier molecular flexibility index (Phi) is 4.58. The van der Waals surface area contributed by atoms with Gasteiger partial charge in [0.15, 0.2) is 0 Å². The summed E-state index contributed by atoms with van der Waals surface area (Å²) in [5.74, 6) is -0.0252. The van der Waals surface area contributed by atoms with Crippen LogP contribution < -0.4 is 5.32 Å². The zero-order chi connectivity index (χ0) is 15.4. The average molecular weight is 304 g/mol. The topological polar surface area (TPSA) is 67.9 Å². The molecule has 1 aromatic rings. The minimum atomic E-state index is -0.269. The number of nitrogens with zero attached hydrogens (tertiary/aromatic N) is 1. The van der Waals surface area contributed by atoms with Crippen LogP contribution in [0.4, 0.5) is 10.5 Å². The van der Waals surface area contributed by atoms with Gasteiger partial charge in [0.05, 0.1) is 19.1 Å². The monoisotopic (exact) mass is 304 g/mol. The highest BCUT2D eigenvalue weighted by Crippen LogP contribution is 2.17. The number of hydrogen-bond donors (Lipinski definition) is 1. The molecule has 0 radical (unpaired) electrons. The zero-order valence-corrected chi connectivity index (χ0v) is 12.4. The van der Waals surface area contributed by atoms with Gasteiger partial charge in [-0.1, -0.05) is 12.1 Å². The van der Waals surface area contributed by atoms with Crippen LogP contribution in [-0.4, -0.2) is 42.8 Å². The Bertz CT molecular complexity index is 538. The first kappa shape index (κ1) is 14.8. The fourth-order valence-corrected chi connectivity index (χ4v) is 2.71. The predicted molar refractivity (Wildman–Crippen MR) is 80.4 cm³/mol. The average Bonchev–Trinajstić information content (AvgIpc) is 3.14. The molecule has 1 aromatic carbocycles. The zero-order valence-electron chi connectivity index (χ0n) is 12.4. The number of carbonyl (C=O) groups excluding carboxylic acids is 2. The number of benzene rings is 1. The van der Waals surface area contributed by atoms with Gasteiger partial charge in [0.1, 0.15) is 6.61 Å². The number of nitrogens with one attached hydrogen (secondary N) is 1. The molecule has 0 spiro atoms. The van der Waals surface area contributed by atoms with E-state index in [1.54, 1.807) is 4.90 Å². The highest BCUT2D eigenvalue weighted by atomic mass is 16.6. The number of anilines is 1. The number of rotatable bonds is 5. The van der Waals surface area contributed by atoms with Crippen LogP contribution in [0, 0.1) is 0 Å². The summed E-state index contributed by atoms with van der Waals surface area (Å²) in [6.07, 6.45) is 2.18. The van der Waals surface area contributed by atoms with Gasteiger partial charge in [-0.3, -0.25) is 4.79 Å². The molecule has 1 atom stereocenters. The molecular weight excluding hydrogens is 284 g/mol. The summed E-state index contributed by atoms with van der Waals surface area (Å²) in [5.41, 5.74) is 1.77. The molecule has 2 aliphatic heterocycles. The molecule has 3 rings (SSSR count). The largest absolute Gasteiger partial charge is 0.448 e. The second-order valence-electron chi connectivity index (χ2n) is 5.62. The van der Waals surface area contributed by atoms with Gasteiger partial charge in [-0.05, 0) is 30.5 Å². The van der Waals surface area contributed by atoms with E-state index in [1.165, 1.54) is 0 Å². The second-order valence-corrected chi connectivity index (χ2v) is 5.62. The lowest BCUT2D eigenvalue weighted by molar-refractivity contribution is -0.118. The molecule has 2 aliphatic rings. The normalized spacial score (nSPS) is 21.0. The highest BCUT2D eigenvalue weighted by molar-refractivity contribution is 5.91. The van der Waals surface area contributed by atoms with Gasteiger partial charge in [-0.25, -0.2) is 4.79 Å². The van der Waals surface area contributed by atoms with Gasteiger partial charge in [0, 0.05) is 18.8 Å². The maximum Gasteiger partial charge on any atom is 0.410 e. The van der Waals surface area contributed by atoms with Crippen molar-refractivity contribution >= 4 is 17.7 Å². The van der Waals surface area contributed by atoms with Crippen molar-refractivity contribution in [3.8, 4) is 0 Å². The fraction of sp³-hybridized carbons (Fsp3) is 0.500. The van der Waals surface area contributed by atoms with E-state index < -0.39 is 0 Å². The van der Waals surface area contributed by atoms with Crippen LogP contribution in [0.1, 0.15) is 24.8 Å². The van der Waals surface area contributed by atoms with Crippen molar-refractivity contribution in [1.29, 1.82) is 0 Å². The van der Waals surface area contributed by atoms with E-state index in [2.05, 4.69) is 5.32 Å². The van der Waals surface area contributed by atoms with Crippen LogP contribution in [0.5, 0.6) is 0 Å². The summed E-state index contributed by atoms with van der Waals surface area (Å²) in [6, 6.07) is 7.52. The van der Waals surface area contributed by atoms with Crippen LogP contribution in [0.25, 0.3) is 0 Å². The van der Waals surface area contributed by atoms with Crippen LogP contribution in [0.15, 0.2) is 24.3 Å². The molecule has 0 saturated carbocycles. The van der Waals surface area contributed by atoms with Gasteiger partial charge >= 0.3 is 6.09 Å². The minimum absolute atomic E-state index is 0.0252. The lowest BCUT2D eigenvalue weighted by Gasteiger charge is -2.13. The number of carbonyl (C=O) groups is 2. The summed E-state index contributed by atoms with van der Waals surface area (Å²) in [7, 11) is 0. The summed E-state index contributed by atoms with van der Waals surface area (Å²) >= 11 is 0. The van der Waals surface area contributed by atoms with Crippen molar-refractivity contribution in [3.05, 3.63) is 29.8 Å². The summed E-state index contributed by atoms with van der Waals surface area (Å²) in [6.45, 7) is 2.36. The second kappa shape index (κ2) is 6.79. The van der Waals surface area contributed by atoms with E-state index >= 15 is 0 Å². The van der Waals surface area contributed by atoms with Gasteiger partial charge in [0.25, 0.3) is 0 Å². The van der Waals surface area contributed by atoms with Crippen LogP contribution in [0.3, 0.4) is 0 Å². The smallest absolute Gasteiger partial charge is 0.410 e. The van der Waals surface area contributed by atoms with E-state index in [-0.39, 0.29) is 18.1 Å². The summed E-state index contributed by atoms with van der Waals surface area (Å²) in [5, 5.41) is 2.87. The van der Waals surface area contributed by atoms with Crippen molar-refractivity contribution in [3.63, 3.8) is 0 Å². The molecule has 6 nitrogen and oxygen atoms in total. The summed E-state index contributed by atoms with van der Waals surface area (Å²) < 4.78 is 10.4. The predicted octanol–water partition coefficient (Wildman–Crippen LogP) is 2.15. The van der Waals surface area contributed by atoms with Gasteiger partial charge in [-0.15, -0.1) is 0 Å². The van der Waals surface area contributed by atoms with Gasteiger partial charge in [0.2, 0.25) is 5.91 Å². The molecule has 2 heterocycles. The highest BCUT2D eigenvalue weighted by Gasteiger charge is 2.22. The van der Waals surface area contributed by atoms with Crippen molar-refractivity contribution in [2.45, 2.75) is 31.9 Å². The maximum atomic E-state index is 11.9. The van der Waals surface area contributed by atoms with Gasteiger partial charge < -0.3 is 19.7 Å². The van der Waals surface area contributed by atoms with Gasteiger partial charge in [-0.2, -0.15) is 0 Å². The van der Waals surface area contributed by atoms with E-state index in [9.17, 15) is 9.59 Å². The molecule has 118 valence electrons. The molecule has 1 N–H and O–H groups in total. The molecule has 0 unspecified atom stereocenters. The Hall–Kier alpha value is -2.08. The first-order chi connectivity index (χ1) is 10.7. The van der Waals surface area contributed by atoms with Crippen LogP contribution >= 0.6 is 0 Å². The Morgan fingerprint density at radius 3 is 2.73 bits per heavy atom. The lowest BCUT2D eigenvalue weighted by Crippen LogP contribution is -2.23. The molecule has 2 saturated heterocycles. The maximum absolute atomic E-state index is 11.9. The van der Waals surface area contributed by atoms with Crippen molar-refractivity contribution in [1.82, 2.24) is 4.90 Å². The first-order valence-electron chi connectivity index (χ1n) is 7.63. The Labute approximate surface area is 129 Å². The van der Waals surface area contributed by atoms with Crippen molar-refractivity contribution in [2.24, 2.45) is 0 Å². The lowest BCUT2D eigenvalue weighted by atomic mass is 10.1. The van der Waals surface area contributed by atoms with E-state index in [4.69, 9.17) is 9.47 Å². The third-order valence-electron chi connectivity index (χ3n) is 3.89. The number of ether oxygens (including phenoxy) is 2. The van der Waals surface area contributed by atoms with E-state index in [0.717, 1.165) is 30.7 Å². The Balaban J connectivity index is 1.50. The van der Waals surface area contributed by atoms with Crippen molar-refractivity contribution in [2.75, 3.05) is 25.1 Å². The quantitative estimate of drug-likeness (QED) is 0.905. The molecule has 6 heteroatoms.